The highest BCUT2D eigenvalue weighted by Gasteiger charge is 2.37. The number of carbonyl (C=O) groups is 1. The molecule has 2 fully saturated rings. The number of amides is 1. The maximum Gasteiger partial charge on any atom is 0.410 e. The number of fused-ring (bicyclic) bond motifs is 1. The van der Waals surface area contributed by atoms with E-state index in [0.29, 0.717) is 24.5 Å². The lowest BCUT2D eigenvalue weighted by Gasteiger charge is -2.45. The Bertz CT molecular complexity index is 1330. The summed E-state index contributed by atoms with van der Waals surface area (Å²) in [6.07, 6.45) is 6.13. The van der Waals surface area contributed by atoms with Crippen LogP contribution in [0.25, 0.3) is 16.9 Å². The molecule has 36 heavy (non-hydrogen) atoms. The van der Waals surface area contributed by atoms with Gasteiger partial charge in [0.15, 0.2) is 5.65 Å². The van der Waals surface area contributed by atoms with Gasteiger partial charge in [-0.25, -0.2) is 19.7 Å². The van der Waals surface area contributed by atoms with Crippen molar-refractivity contribution < 1.29 is 9.53 Å². The second-order valence-corrected chi connectivity index (χ2v) is 10.6. The molecule has 0 bridgehead atoms. The molecule has 0 spiro atoms. The summed E-state index contributed by atoms with van der Waals surface area (Å²) in [6.45, 7) is 12.9. The Kier molecular flexibility index (Phi) is 5.94. The number of piperazine rings is 1. The number of pyridine rings is 1. The summed E-state index contributed by atoms with van der Waals surface area (Å²) in [7, 11) is 0. The molecular formula is C26H32N8O2. The quantitative estimate of drug-likeness (QED) is 0.549. The summed E-state index contributed by atoms with van der Waals surface area (Å²) < 4.78 is 7.60. The van der Waals surface area contributed by atoms with Crippen molar-refractivity contribution in [2.45, 2.75) is 58.7 Å². The molecule has 0 N–H and O–H groups in total. The SMILES string of the molecule is C[C@@H]1CN(c2ncnc3c2c(N2CCC2)cn3-c2cc(C#N)ccn2)[C@@H](C)CN1C(=O)OC(C)(C)C. The Balaban J connectivity index is 1.55. The van der Waals surface area contributed by atoms with Crippen LogP contribution in [0.1, 0.15) is 46.6 Å². The van der Waals surface area contributed by atoms with Gasteiger partial charge in [0.2, 0.25) is 0 Å². The number of anilines is 2. The molecule has 5 rings (SSSR count). The maximum atomic E-state index is 12.8. The molecule has 0 radical (unpaired) electrons. The van der Waals surface area contributed by atoms with E-state index in [2.05, 4.69) is 39.0 Å². The summed E-state index contributed by atoms with van der Waals surface area (Å²) in [6, 6.07) is 5.63. The number of aromatic nitrogens is 4. The molecule has 3 aromatic heterocycles. The van der Waals surface area contributed by atoms with E-state index >= 15 is 0 Å². The minimum absolute atomic E-state index is 0.0273. The van der Waals surface area contributed by atoms with Gasteiger partial charge in [-0.1, -0.05) is 0 Å². The minimum Gasteiger partial charge on any atom is -0.444 e. The van der Waals surface area contributed by atoms with Crippen LogP contribution in [-0.4, -0.2) is 74.4 Å². The van der Waals surface area contributed by atoms with Gasteiger partial charge >= 0.3 is 6.09 Å². The first-order valence-electron chi connectivity index (χ1n) is 12.4. The summed E-state index contributed by atoms with van der Waals surface area (Å²) in [4.78, 5) is 33.2. The molecule has 10 heteroatoms. The second-order valence-electron chi connectivity index (χ2n) is 10.6. The standard InChI is InChI=1S/C26H32N8O2/c1-17-14-33(25(35)36-26(3,4)5)18(2)13-32(17)23-22-20(31-9-6-10-31)15-34(24(22)30-16-29-23)21-11-19(12-27)7-8-28-21/h7-8,11,15-18H,6,9-10,13-14H2,1-5H3/t17-,18+/m0/s1. The number of nitriles is 1. The van der Waals surface area contributed by atoms with Crippen molar-refractivity contribution in [1.82, 2.24) is 24.4 Å². The van der Waals surface area contributed by atoms with E-state index in [9.17, 15) is 10.1 Å². The molecular weight excluding hydrogens is 456 g/mol. The number of hydrogen-bond acceptors (Lipinski definition) is 8. The highest BCUT2D eigenvalue weighted by Crippen LogP contribution is 2.39. The summed E-state index contributed by atoms with van der Waals surface area (Å²) in [5.41, 5.74) is 1.81. The number of ether oxygens (including phenoxy) is 1. The van der Waals surface area contributed by atoms with Crippen LogP contribution < -0.4 is 9.80 Å². The Morgan fingerprint density at radius 2 is 1.92 bits per heavy atom. The van der Waals surface area contributed by atoms with Gasteiger partial charge in [0.25, 0.3) is 0 Å². The molecule has 2 saturated heterocycles. The van der Waals surface area contributed by atoms with Gasteiger partial charge in [-0.3, -0.25) is 4.57 Å². The van der Waals surface area contributed by atoms with Crippen LogP contribution in [0.4, 0.5) is 16.3 Å². The first kappa shape index (κ1) is 23.9. The zero-order valence-corrected chi connectivity index (χ0v) is 21.5. The third kappa shape index (κ3) is 4.30. The first-order chi connectivity index (χ1) is 17.2. The average Bonchev–Trinajstić information content (AvgIpc) is 3.17. The highest BCUT2D eigenvalue weighted by atomic mass is 16.6. The topological polar surface area (TPSA) is 103 Å². The van der Waals surface area contributed by atoms with Crippen LogP contribution in [0, 0.1) is 11.3 Å². The fourth-order valence-electron chi connectivity index (χ4n) is 4.83. The molecule has 188 valence electrons. The van der Waals surface area contributed by atoms with E-state index in [4.69, 9.17) is 9.72 Å². The van der Waals surface area contributed by atoms with Crippen molar-refractivity contribution in [2.75, 3.05) is 36.0 Å². The maximum absolute atomic E-state index is 12.8. The fourth-order valence-corrected chi connectivity index (χ4v) is 4.83. The van der Waals surface area contributed by atoms with E-state index < -0.39 is 5.60 Å². The molecule has 2 atom stereocenters. The Morgan fingerprint density at radius 1 is 1.14 bits per heavy atom. The van der Waals surface area contributed by atoms with Crippen LogP contribution in [-0.2, 0) is 4.74 Å². The van der Waals surface area contributed by atoms with E-state index in [-0.39, 0.29) is 18.2 Å². The van der Waals surface area contributed by atoms with Gasteiger partial charge in [0, 0.05) is 50.7 Å². The Hall–Kier alpha value is -3.87. The van der Waals surface area contributed by atoms with E-state index in [0.717, 1.165) is 42.0 Å². The van der Waals surface area contributed by atoms with Gasteiger partial charge in [-0.2, -0.15) is 5.26 Å². The minimum atomic E-state index is -0.540. The molecule has 1 amide bonds. The lowest BCUT2D eigenvalue weighted by molar-refractivity contribution is 0.0130. The van der Waals surface area contributed by atoms with Crippen molar-refractivity contribution in [2.24, 2.45) is 0 Å². The number of nitrogens with zero attached hydrogens (tertiary/aromatic N) is 8. The van der Waals surface area contributed by atoms with Gasteiger partial charge in [0.05, 0.1) is 22.7 Å². The normalized spacial score (nSPS) is 20.3. The Morgan fingerprint density at radius 3 is 2.58 bits per heavy atom. The van der Waals surface area contributed by atoms with Crippen molar-refractivity contribution >= 4 is 28.6 Å². The summed E-state index contributed by atoms with van der Waals surface area (Å²) >= 11 is 0. The van der Waals surface area contributed by atoms with Crippen LogP contribution in [0.15, 0.2) is 30.9 Å². The van der Waals surface area contributed by atoms with Gasteiger partial charge in [0.1, 0.15) is 23.6 Å². The van der Waals surface area contributed by atoms with Crippen LogP contribution in [0.3, 0.4) is 0 Å². The molecule has 0 aliphatic carbocycles. The monoisotopic (exact) mass is 488 g/mol. The average molecular weight is 489 g/mol. The van der Waals surface area contributed by atoms with E-state index in [1.165, 1.54) is 0 Å². The van der Waals surface area contributed by atoms with Crippen molar-refractivity contribution in [3.8, 4) is 11.9 Å². The smallest absolute Gasteiger partial charge is 0.410 e. The lowest BCUT2D eigenvalue weighted by atomic mass is 10.1. The molecule has 5 heterocycles. The number of carbonyl (C=O) groups excluding carboxylic acids is 1. The predicted octanol–water partition coefficient (Wildman–Crippen LogP) is 3.73. The van der Waals surface area contributed by atoms with Crippen molar-refractivity contribution in [3.63, 3.8) is 0 Å². The first-order valence-corrected chi connectivity index (χ1v) is 12.4. The van der Waals surface area contributed by atoms with Gasteiger partial charge in [-0.15, -0.1) is 0 Å². The van der Waals surface area contributed by atoms with Crippen LogP contribution >= 0.6 is 0 Å². The number of hydrogen-bond donors (Lipinski definition) is 0. The molecule has 0 saturated carbocycles. The second kappa shape index (κ2) is 8.97. The molecule has 2 aliphatic rings. The van der Waals surface area contributed by atoms with E-state index in [1.807, 2.05) is 37.2 Å². The fraction of sp³-hybridized carbons (Fsp3) is 0.500. The largest absolute Gasteiger partial charge is 0.444 e. The summed E-state index contributed by atoms with van der Waals surface area (Å²) in [5, 5.41) is 10.4. The highest BCUT2D eigenvalue weighted by molar-refractivity contribution is 6.01. The molecule has 10 nitrogen and oxygen atoms in total. The van der Waals surface area contributed by atoms with Crippen LogP contribution in [0.5, 0.6) is 0 Å². The van der Waals surface area contributed by atoms with E-state index in [1.54, 1.807) is 24.7 Å². The molecule has 3 aromatic rings. The lowest BCUT2D eigenvalue weighted by Crippen LogP contribution is -2.59. The predicted molar refractivity (Wildman–Crippen MR) is 137 cm³/mol. The molecule has 0 aromatic carbocycles. The van der Waals surface area contributed by atoms with Gasteiger partial charge in [-0.05, 0) is 53.2 Å². The third-order valence-electron chi connectivity index (χ3n) is 6.75. The summed E-state index contributed by atoms with van der Waals surface area (Å²) in [5.74, 6) is 1.49. The molecule has 2 aliphatic heterocycles. The zero-order chi connectivity index (χ0) is 25.6. The van der Waals surface area contributed by atoms with Crippen molar-refractivity contribution in [1.29, 1.82) is 5.26 Å². The number of rotatable bonds is 3. The van der Waals surface area contributed by atoms with Gasteiger partial charge < -0.3 is 19.4 Å². The molecule has 0 unspecified atom stereocenters. The van der Waals surface area contributed by atoms with Crippen molar-refractivity contribution in [3.05, 3.63) is 36.4 Å². The third-order valence-corrected chi connectivity index (χ3v) is 6.75. The van der Waals surface area contributed by atoms with Crippen LogP contribution in [0.2, 0.25) is 0 Å². The Labute approximate surface area is 211 Å². The zero-order valence-electron chi connectivity index (χ0n) is 21.5.